The summed E-state index contributed by atoms with van der Waals surface area (Å²) in [6.07, 6.45) is 0. The Balaban J connectivity index is 2.66. The first kappa shape index (κ1) is 21.0. The summed E-state index contributed by atoms with van der Waals surface area (Å²) in [6, 6.07) is 6.83. The number of carbonyl (C=O) groups is 1. The molecule has 0 aromatic heterocycles. The summed E-state index contributed by atoms with van der Waals surface area (Å²) in [7, 11) is 4.54. The largest absolute Gasteiger partial charge is 0.497 e. The smallest absolute Gasteiger partial charge is 0.343 e. The van der Waals surface area contributed by atoms with Crippen LogP contribution < -0.4 is 18.9 Å². The second-order valence-electron chi connectivity index (χ2n) is 8.91. The van der Waals surface area contributed by atoms with Crippen molar-refractivity contribution in [1.29, 1.82) is 0 Å². The Morgan fingerprint density at radius 2 is 1.34 bits per heavy atom. The third-order valence-electron chi connectivity index (χ3n) is 4.63. The lowest BCUT2D eigenvalue weighted by atomic mass is 9.79. The van der Waals surface area contributed by atoms with E-state index in [0.29, 0.717) is 17.2 Å². The second-order valence-corrected chi connectivity index (χ2v) is 8.91. The number of methoxy groups -OCH3 is 3. The van der Waals surface area contributed by atoms with E-state index >= 15 is 0 Å². The van der Waals surface area contributed by atoms with Crippen LogP contribution in [0.1, 0.15) is 64.4 Å². The molecule has 0 saturated carbocycles. The molecule has 0 aliphatic carbocycles. The average Bonchev–Trinajstić information content (AvgIpc) is 2.65. The van der Waals surface area contributed by atoms with Crippen molar-refractivity contribution in [2.24, 2.45) is 0 Å². The minimum atomic E-state index is -0.623. The molecule has 0 atom stereocenters. The van der Waals surface area contributed by atoms with Gasteiger partial charge >= 0.3 is 5.97 Å². The molecule has 2 aromatic carbocycles. The van der Waals surface area contributed by atoms with Crippen LogP contribution in [0, 0.1) is 0 Å². The van der Waals surface area contributed by atoms with E-state index in [1.165, 1.54) is 20.3 Å². The van der Waals surface area contributed by atoms with Gasteiger partial charge in [-0.3, -0.25) is 0 Å². The Labute approximate surface area is 175 Å². The number of hydrogen-bond acceptors (Lipinski definition) is 5. The zero-order valence-corrected chi connectivity index (χ0v) is 18.9. The molecule has 158 valence electrons. The van der Waals surface area contributed by atoms with Crippen molar-refractivity contribution in [3.63, 3.8) is 0 Å². The summed E-state index contributed by atoms with van der Waals surface area (Å²) in [5, 5.41) is 0. The van der Waals surface area contributed by atoms with Crippen molar-refractivity contribution in [1.82, 2.24) is 0 Å². The first-order valence-electron chi connectivity index (χ1n) is 10.0. The number of carbonyl (C=O) groups excluding carboxylic acids is 1. The van der Waals surface area contributed by atoms with Crippen molar-refractivity contribution < 1.29 is 25.1 Å². The lowest BCUT2D eigenvalue weighted by molar-refractivity contribution is 0.0728. The molecule has 0 fully saturated rings. The van der Waals surface area contributed by atoms with E-state index < -0.39 is 5.97 Å². The predicted octanol–water partition coefficient (Wildman–Crippen LogP) is 5.53. The zero-order valence-electron chi connectivity index (χ0n) is 19.9. The number of benzene rings is 2. The van der Waals surface area contributed by atoms with E-state index in [-0.39, 0.29) is 28.2 Å². The van der Waals surface area contributed by atoms with E-state index in [9.17, 15) is 4.79 Å². The van der Waals surface area contributed by atoms with Crippen molar-refractivity contribution >= 4 is 5.97 Å². The summed E-state index contributed by atoms with van der Waals surface area (Å²) in [5.74, 6) is 1.15. The zero-order chi connectivity index (χ0) is 22.9. The molecule has 29 heavy (non-hydrogen) atoms. The minimum Gasteiger partial charge on any atom is -0.497 e. The van der Waals surface area contributed by atoms with Gasteiger partial charge in [0.25, 0.3) is 0 Å². The molecule has 0 spiro atoms. The van der Waals surface area contributed by atoms with E-state index in [4.69, 9.17) is 20.3 Å². The molecule has 0 aliphatic heterocycles. The SMILES string of the molecule is [2H]c1c(C(=O)Oc2c(C(C)(C)C)cc(OC)cc2C(C)(C)C)ccc(OC)c1OC. The highest BCUT2D eigenvalue weighted by atomic mass is 16.5. The fourth-order valence-corrected chi connectivity index (χ4v) is 2.98. The summed E-state index contributed by atoms with van der Waals surface area (Å²) in [6.45, 7) is 12.3. The van der Waals surface area contributed by atoms with Crippen LogP contribution in [0.25, 0.3) is 0 Å². The highest BCUT2D eigenvalue weighted by Crippen LogP contribution is 2.43. The molecule has 0 saturated heterocycles. The van der Waals surface area contributed by atoms with Gasteiger partial charge in [-0.2, -0.15) is 0 Å². The standard InChI is InChI=1S/C24H32O5/c1-23(2,3)17-13-16(26-7)14-18(24(4,5)6)21(17)29-22(25)15-10-11-19(27-8)20(12-15)28-9/h10-14H,1-9H3/i12D. The molecule has 0 radical (unpaired) electrons. The molecule has 5 heteroatoms. The molecule has 0 bridgehead atoms. The van der Waals surface area contributed by atoms with Gasteiger partial charge in [0.1, 0.15) is 11.5 Å². The average molecular weight is 402 g/mol. The third kappa shape index (κ3) is 5.03. The summed E-state index contributed by atoms with van der Waals surface area (Å²) < 4.78 is 30.3. The van der Waals surface area contributed by atoms with Gasteiger partial charge in [0.05, 0.1) is 28.3 Å². The van der Waals surface area contributed by atoms with E-state index in [1.54, 1.807) is 13.2 Å². The Hall–Kier alpha value is -2.69. The van der Waals surface area contributed by atoms with Gasteiger partial charge in [0, 0.05) is 11.1 Å². The lowest BCUT2D eigenvalue weighted by Gasteiger charge is -2.29. The maximum Gasteiger partial charge on any atom is 0.343 e. The number of esters is 1. The highest BCUT2D eigenvalue weighted by Gasteiger charge is 2.30. The van der Waals surface area contributed by atoms with Crippen molar-refractivity contribution in [3.8, 4) is 23.0 Å². The Kier molecular flexibility index (Phi) is 6.06. The third-order valence-corrected chi connectivity index (χ3v) is 4.63. The molecule has 5 nitrogen and oxygen atoms in total. The van der Waals surface area contributed by atoms with Crippen LogP contribution in [0.5, 0.6) is 23.0 Å². The molecule has 0 unspecified atom stereocenters. The van der Waals surface area contributed by atoms with Crippen LogP contribution in [0.4, 0.5) is 0 Å². The van der Waals surface area contributed by atoms with Gasteiger partial charge in [-0.15, -0.1) is 0 Å². The molecular weight excluding hydrogens is 368 g/mol. The minimum absolute atomic E-state index is 0.0787. The maximum atomic E-state index is 13.1. The van der Waals surface area contributed by atoms with E-state index in [1.807, 2.05) is 12.1 Å². The number of ether oxygens (including phenoxy) is 4. The predicted molar refractivity (Wildman–Crippen MR) is 115 cm³/mol. The van der Waals surface area contributed by atoms with E-state index in [2.05, 4.69) is 41.5 Å². The molecular formula is C24H32O5. The molecule has 0 heterocycles. The van der Waals surface area contributed by atoms with Gasteiger partial charge in [0.2, 0.25) is 0 Å². The molecule has 0 aliphatic rings. The summed E-state index contributed by atoms with van der Waals surface area (Å²) in [4.78, 5) is 13.1. The fraction of sp³-hybridized carbons (Fsp3) is 0.458. The van der Waals surface area contributed by atoms with Gasteiger partial charge in [-0.1, -0.05) is 41.5 Å². The maximum absolute atomic E-state index is 13.1. The molecule has 2 rings (SSSR count). The topological polar surface area (TPSA) is 54.0 Å². The van der Waals surface area contributed by atoms with Crippen LogP contribution >= 0.6 is 0 Å². The van der Waals surface area contributed by atoms with Crippen molar-refractivity contribution in [2.75, 3.05) is 21.3 Å². The summed E-state index contributed by atoms with van der Waals surface area (Å²) >= 11 is 0. The Morgan fingerprint density at radius 3 is 1.76 bits per heavy atom. The molecule has 0 N–H and O–H groups in total. The first-order valence-corrected chi connectivity index (χ1v) is 9.51. The van der Waals surface area contributed by atoms with Crippen LogP contribution in [0.3, 0.4) is 0 Å². The van der Waals surface area contributed by atoms with Crippen LogP contribution in [-0.4, -0.2) is 27.3 Å². The number of hydrogen-bond donors (Lipinski definition) is 0. The van der Waals surface area contributed by atoms with Gasteiger partial charge in [-0.25, -0.2) is 4.79 Å². The van der Waals surface area contributed by atoms with Gasteiger partial charge in [0.15, 0.2) is 11.5 Å². The Bertz CT molecular complexity index is 901. The Morgan fingerprint density at radius 1 is 0.828 bits per heavy atom. The van der Waals surface area contributed by atoms with Gasteiger partial charge in [-0.05, 0) is 41.1 Å². The summed E-state index contributed by atoms with van der Waals surface area (Å²) in [5.41, 5.74) is 1.21. The highest BCUT2D eigenvalue weighted by molar-refractivity contribution is 5.92. The lowest BCUT2D eigenvalue weighted by Crippen LogP contribution is -2.22. The molecule has 2 aromatic rings. The van der Waals surface area contributed by atoms with Crippen LogP contribution in [0.15, 0.2) is 30.3 Å². The van der Waals surface area contributed by atoms with Crippen molar-refractivity contribution in [2.45, 2.75) is 52.4 Å². The monoisotopic (exact) mass is 401 g/mol. The molecule has 0 amide bonds. The van der Waals surface area contributed by atoms with Gasteiger partial charge < -0.3 is 18.9 Å². The van der Waals surface area contributed by atoms with E-state index in [0.717, 1.165) is 11.1 Å². The quantitative estimate of drug-likeness (QED) is 0.487. The fourth-order valence-electron chi connectivity index (χ4n) is 2.98. The van der Waals surface area contributed by atoms with Crippen LogP contribution in [-0.2, 0) is 10.8 Å². The van der Waals surface area contributed by atoms with Crippen LogP contribution in [0.2, 0.25) is 0 Å². The first-order chi connectivity index (χ1) is 13.8. The number of rotatable bonds is 5. The van der Waals surface area contributed by atoms with Crippen molar-refractivity contribution in [3.05, 3.63) is 47.0 Å². The normalized spacial score (nSPS) is 12.2. The second kappa shape index (κ2) is 8.36.